The van der Waals surface area contributed by atoms with Crippen molar-refractivity contribution in [1.29, 1.82) is 0 Å². The predicted octanol–water partition coefficient (Wildman–Crippen LogP) is 0.830. The molecule has 0 spiro atoms. The molecule has 1 aliphatic heterocycles. The fourth-order valence-corrected chi connectivity index (χ4v) is 2.99. The lowest BCUT2D eigenvalue weighted by atomic mass is 9.97. The van der Waals surface area contributed by atoms with Crippen molar-refractivity contribution in [1.82, 2.24) is 15.2 Å². The van der Waals surface area contributed by atoms with Crippen molar-refractivity contribution >= 4 is 29.1 Å². The number of aromatic carboxylic acids is 1. The van der Waals surface area contributed by atoms with E-state index in [0.29, 0.717) is 25.6 Å². The number of carbonyl (C=O) groups is 3. The van der Waals surface area contributed by atoms with Gasteiger partial charge in [-0.3, -0.25) is 9.59 Å². The Morgan fingerprint density at radius 3 is 2.62 bits per heavy atom. The summed E-state index contributed by atoms with van der Waals surface area (Å²) in [6.07, 6.45) is 1.65. The third-order valence-electron chi connectivity index (χ3n) is 3.45. The van der Waals surface area contributed by atoms with Crippen LogP contribution in [-0.2, 0) is 4.79 Å². The van der Waals surface area contributed by atoms with E-state index in [4.69, 9.17) is 5.11 Å². The Balaban J connectivity index is 1.87. The van der Waals surface area contributed by atoms with Gasteiger partial charge >= 0.3 is 5.97 Å². The molecule has 0 atom stereocenters. The molecular weight excluding hydrogens is 294 g/mol. The van der Waals surface area contributed by atoms with Crippen LogP contribution in [0.15, 0.2) is 5.38 Å². The second-order valence-electron chi connectivity index (χ2n) is 5.02. The van der Waals surface area contributed by atoms with E-state index >= 15 is 0 Å². The average molecular weight is 311 g/mol. The summed E-state index contributed by atoms with van der Waals surface area (Å²) in [6, 6.07) is 0. The number of likely N-dealkylation sites (tertiary alicyclic amines) is 1. The summed E-state index contributed by atoms with van der Waals surface area (Å²) in [7, 11) is 0. The zero-order valence-corrected chi connectivity index (χ0v) is 12.5. The minimum absolute atomic E-state index is 0.0440. The molecule has 0 aromatic carbocycles. The zero-order chi connectivity index (χ0) is 15.4. The molecule has 2 heterocycles. The number of thiazole rings is 1. The number of piperidine rings is 1. The molecule has 1 aliphatic rings. The van der Waals surface area contributed by atoms with Gasteiger partial charge in [-0.05, 0) is 18.8 Å². The minimum atomic E-state index is -1.13. The third kappa shape index (κ3) is 4.01. The van der Waals surface area contributed by atoms with Crippen LogP contribution in [0.2, 0.25) is 0 Å². The molecular formula is C13H17N3O4S. The quantitative estimate of drug-likeness (QED) is 0.858. The summed E-state index contributed by atoms with van der Waals surface area (Å²) in [6.45, 7) is 3.33. The molecule has 0 radical (unpaired) electrons. The summed E-state index contributed by atoms with van der Waals surface area (Å²) >= 11 is 1.05. The highest BCUT2D eigenvalue weighted by Crippen LogP contribution is 2.20. The number of hydrogen-bond acceptors (Lipinski definition) is 5. The maximum Gasteiger partial charge on any atom is 0.355 e. The van der Waals surface area contributed by atoms with Gasteiger partial charge in [-0.25, -0.2) is 9.78 Å². The average Bonchev–Trinajstić information content (AvgIpc) is 2.95. The fourth-order valence-electron chi connectivity index (χ4n) is 2.23. The molecule has 1 aromatic rings. The third-order valence-corrected chi connectivity index (χ3v) is 4.28. The van der Waals surface area contributed by atoms with E-state index < -0.39 is 5.97 Å². The number of amides is 2. The Kier molecular flexibility index (Phi) is 4.89. The summed E-state index contributed by atoms with van der Waals surface area (Å²) in [5.74, 6) is -1.01. The highest BCUT2D eigenvalue weighted by Gasteiger charge is 2.26. The lowest BCUT2D eigenvalue weighted by molar-refractivity contribution is -0.119. The van der Waals surface area contributed by atoms with Crippen molar-refractivity contribution in [3.8, 4) is 0 Å². The molecule has 0 saturated carbocycles. The highest BCUT2D eigenvalue weighted by molar-refractivity contribution is 7.11. The molecule has 8 heteroatoms. The van der Waals surface area contributed by atoms with Crippen molar-refractivity contribution in [2.75, 3.05) is 19.6 Å². The molecule has 2 rings (SSSR count). The topological polar surface area (TPSA) is 99.6 Å². The number of aromatic nitrogens is 1. The number of carbonyl (C=O) groups excluding carboxylic acids is 2. The molecule has 21 heavy (non-hydrogen) atoms. The normalized spacial score (nSPS) is 15.8. The van der Waals surface area contributed by atoms with Crippen LogP contribution in [0.5, 0.6) is 0 Å². The molecule has 0 unspecified atom stereocenters. The Hall–Kier alpha value is -1.96. The molecule has 1 fully saturated rings. The van der Waals surface area contributed by atoms with E-state index in [1.165, 1.54) is 12.3 Å². The first-order valence-electron chi connectivity index (χ1n) is 6.70. The maximum atomic E-state index is 12.2. The molecule has 7 nitrogen and oxygen atoms in total. The van der Waals surface area contributed by atoms with Crippen molar-refractivity contribution in [2.45, 2.75) is 19.8 Å². The fraction of sp³-hybridized carbons (Fsp3) is 0.538. The first-order chi connectivity index (χ1) is 9.97. The first-order valence-corrected chi connectivity index (χ1v) is 7.58. The maximum absolute atomic E-state index is 12.2. The van der Waals surface area contributed by atoms with Crippen molar-refractivity contribution in [3.05, 3.63) is 16.1 Å². The monoisotopic (exact) mass is 311 g/mol. The van der Waals surface area contributed by atoms with Crippen LogP contribution in [0, 0.1) is 5.92 Å². The smallest absolute Gasteiger partial charge is 0.355 e. The van der Waals surface area contributed by atoms with Crippen LogP contribution in [0.3, 0.4) is 0 Å². The van der Waals surface area contributed by atoms with Gasteiger partial charge in [-0.15, -0.1) is 11.3 Å². The molecule has 0 bridgehead atoms. The standard InChI is InChI=1S/C13H17N3O4S/c1-8(17)14-6-9-2-4-16(5-3-9)12(18)11-15-10(7-21-11)13(19)20/h7,9H,2-6H2,1H3,(H,14,17)(H,19,20). The van der Waals surface area contributed by atoms with Crippen molar-refractivity contribution in [2.24, 2.45) is 5.92 Å². The van der Waals surface area contributed by atoms with E-state index in [0.717, 1.165) is 24.2 Å². The molecule has 2 amide bonds. The molecule has 2 N–H and O–H groups in total. The highest BCUT2D eigenvalue weighted by atomic mass is 32.1. The first kappa shape index (κ1) is 15.4. The van der Waals surface area contributed by atoms with Gasteiger partial charge in [0.1, 0.15) is 0 Å². The molecule has 114 valence electrons. The van der Waals surface area contributed by atoms with E-state index in [9.17, 15) is 14.4 Å². The summed E-state index contributed by atoms with van der Waals surface area (Å²) in [5.41, 5.74) is -0.0936. The number of rotatable bonds is 4. The lowest BCUT2D eigenvalue weighted by Gasteiger charge is -2.31. The predicted molar refractivity (Wildman–Crippen MR) is 76.4 cm³/mol. The van der Waals surface area contributed by atoms with Crippen LogP contribution < -0.4 is 5.32 Å². The summed E-state index contributed by atoms with van der Waals surface area (Å²) in [4.78, 5) is 39.4. The number of nitrogens with zero attached hydrogens (tertiary/aromatic N) is 2. The van der Waals surface area contributed by atoms with Crippen LogP contribution in [0.4, 0.5) is 0 Å². The van der Waals surface area contributed by atoms with Gasteiger partial charge < -0.3 is 15.3 Å². The summed E-state index contributed by atoms with van der Waals surface area (Å²) < 4.78 is 0. The van der Waals surface area contributed by atoms with Crippen LogP contribution >= 0.6 is 11.3 Å². The second-order valence-corrected chi connectivity index (χ2v) is 5.87. The van der Waals surface area contributed by atoms with Gasteiger partial charge in [0, 0.05) is 31.9 Å². The van der Waals surface area contributed by atoms with Crippen LogP contribution in [-0.4, -0.2) is 52.4 Å². The number of hydrogen-bond donors (Lipinski definition) is 2. The zero-order valence-electron chi connectivity index (χ0n) is 11.7. The number of nitrogens with one attached hydrogen (secondary N) is 1. The van der Waals surface area contributed by atoms with E-state index in [1.54, 1.807) is 4.90 Å². The number of carboxylic acid groups (broad SMARTS) is 1. The lowest BCUT2D eigenvalue weighted by Crippen LogP contribution is -2.41. The molecule has 1 aromatic heterocycles. The second kappa shape index (κ2) is 6.66. The van der Waals surface area contributed by atoms with Gasteiger partial charge in [0.2, 0.25) is 5.91 Å². The van der Waals surface area contributed by atoms with E-state index in [2.05, 4.69) is 10.3 Å². The Labute approximate surface area is 126 Å². The van der Waals surface area contributed by atoms with Gasteiger partial charge in [0.05, 0.1) is 0 Å². The van der Waals surface area contributed by atoms with Gasteiger partial charge in [0.15, 0.2) is 10.7 Å². The summed E-state index contributed by atoms with van der Waals surface area (Å²) in [5, 5.41) is 13.2. The van der Waals surface area contributed by atoms with Crippen molar-refractivity contribution < 1.29 is 19.5 Å². The van der Waals surface area contributed by atoms with Crippen LogP contribution in [0.1, 0.15) is 40.1 Å². The van der Waals surface area contributed by atoms with Gasteiger partial charge in [-0.2, -0.15) is 0 Å². The van der Waals surface area contributed by atoms with Gasteiger partial charge in [0.25, 0.3) is 5.91 Å². The minimum Gasteiger partial charge on any atom is -0.476 e. The van der Waals surface area contributed by atoms with Crippen LogP contribution in [0.25, 0.3) is 0 Å². The Bertz CT molecular complexity index is 549. The number of carboxylic acids is 1. The van der Waals surface area contributed by atoms with Crippen molar-refractivity contribution in [3.63, 3.8) is 0 Å². The van der Waals surface area contributed by atoms with Gasteiger partial charge in [-0.1, -0.05) is 0 Å². The Morgan fingerprint density at radius 1 is 1.43 bits per heavy atom. The molecule has 1 saturated heterocycles. The largest absolute Gasteiger partial charge is 0.476 e. The van der Waals surface area contributed by atoms with E-state index in [1.807, 2.05) is 0 Å². The SMILES string of the molecule is CC(=O)NCC1CCN(C(=O)c2nc(C(=O)O)cs2)CC1. The van der Waals surface area contributed by atoms with E-state index in [-0.39, 0.29) is 22.5 Å². The molecule has 0 aliphatic carbocycles. The Morgan fingerprint density at radius 2 is 2.10 bits per heavy atom.